The molecular formula is C22H17ClF3N7O3. The highest BCUT2D eigenvalue weighted by Gasteiger charge is 2.38. The van der Waals surface area contributed by atoms with E-state index in [0.29, 0.717) is 30.2 Å². The van der Waals surface area contributed by atoms with Gasteiger partial charge in [0.15, 0.2) is 11.6 Å². The summed E-state index contributed by atoms with van der Waals surface area (Å²) in [4.78, 5) is 19.3. The minimum Gasteiger partial charge on any atom is -0.495 e. The van der Waals surface area contributed by atoms with Crippen LogP contribution >= 0.6 is 11.6 Å². The topological polar surface area (TPSA) is 111 Å². The number of methoxy groups -OCH3 is 1. The van der Waals surface area contributed by atoms with Crippen LogP contribution in [0.15, 0.2) is 48.8 Å². The number of carbonyl (C=O) groups excluding carboxylic acids is 1. The van der Waals surface area contributed by atoms with Gasteiger partial charge in [-0.05, 0) is 30.7 Å². The number of carbonyl (C=O) groups is 1. The molecule has 5 rings (SSSR count). The molecule has 0 aliphatic carbocycles. The van der Waals surface area contributed by atoms with Gasteiger partial charge >= 0.3 is 6.36 Å². The molecule has 4 aromatic rings. The number of halogens is 4. The van der Waals surface area contributed by atoms with Gasteiger partial charge in [-0.3, -0.25) is 4.79 Å². The van der Waals surface area contributed by atoms with Crippen molar-refractivity contribution in [2.75, 3.05) is 13.7 Å². The van der Waals surface area contributed by atoms with Crippen LogP contribution in [0, 0.1) is 0 Å². The summed E-state index contributed by atoms with van der Waals surface area (Å²) in [7, 11) is 1.43. The van der Waals surface area contributed by atoms with Crippen LogP contribution in [0.25, 0.3) is 17.1 Å². The van der Waals surface area contributed by atoms with Crippen LogP contribution in [0.3, 0.4) is 0 Å². The van der Waals surface area contributed by atoms with E-state index in [2.05, 4.69) is 30.1 Å². The molecule has 1 fully saturated rings. The van der Waals surface area contributed by atoms with Gasteiger partial charge in [0.1, 0.15) is 17.2 Å². The number of ether oxygens (including phenoxy) is 2. The van der Waals surface area contributed by atoms with Crippen LogP contribution in [0.4, 0.5) is 13.2 Å². The molecule has 1 saturated heterocycles. The molecule has 186 valence electrons. The van der Waals surface area contributed by atoms with E-state index < -0.39 is 18.2 Å². The number of nitrogens with one attached hydrogen (secondary N) is 1. The second kappa shape index (κ2) is 9.15. The van der Waals surface area contributed by atoms with Crippen LogP contribution in [0.2, 0.25) is 5.02 Å². The third-order valence-corrected chi connectivity index (χ3v) is 5.90. The predicted octanol–water partition coefficient (Wildman–Crippen LogP) is 4.20. The Morgan fingerprint density at radius 2 is 1.89 bits per heavy atom. The fourth-order valence-electron chi connectivity index (χ4n) is 3.87. The number of nitrogens with zero attached hydrogens (tertiary/aromatic N) is 6. The van der Waals surface area contributed by atoms with E-state index in [-0.39, 0.29) is 27.9 Å². The molecule has 1 aliphatic heterocycles. The lowest BCUT2D eigenvalue weighted by molar-refractivity contribution is -0.274. The number of H-pyrrole nitrogens is 1. The molecule has 0 spiro atoms. The molecule has 0 bridgehead atoms. The molecule has 3 heterocycles. The van der Waals surface area contributed by atoms with Crippen molar-refractivity contribution in [3.8, 4) is 28.6 Å². The van der Waals surface area contributed by atoms with Crippen molar-refractivity contribution in [3.63, 3.8) is 0 Å². The largest absolute Gasteiger partial charge is 0.573 e. The molecular weight excluding hydrogens is 503 g/mol. The van der Waals surface area contributed by atoms with Crippen molar-refractivity contribution in [2.24, 2.45) is 0 Å². The molecule has 1 aliphatic rings. The van der Waals surface area contributed by atoms with Gasteiger partial charge in [-0.15, -0.1) is 23.4 Å². The highest BCUT2D eigenvalue weighted by Crippen LogP contribution is 2.38. The first-order chi connectivity index (χ1) is 17.2. The second-order valence-corrected chi connectivity index (χ2v) is 8.14. The maximum atomic E-state index is 13.5. The highest BCUT2D eigenvalue weighted by atomic mass is 35.5. The molecule has 2 aromatic heterocycles. The Hall–Kier alpha value is -4.13. The zero-order valence-electron chi connectivity index (χ0n) is 18.5. The monoisotopic (exact) mass is 519 g/mol. The zero-order valence-corrected chi connectivity index (χ0v) is 19.3. The van der Waals surface area contributed by atoms with Crippen LogP contribution in [-0.4, -0.2) is 61.0 Å². The third-order valence-electron chi connectivity index (χ3n) is 5.60. The van der Waals surface area contributed by atoms with Gasteiger partial charge in [-0.1, -0.05) is 23.7 Å². The lowest BCUT2D eigenvalue weighted by Crippen LogP contribution is -2.46. The number of aromatic amines is 1. The maximum absolute atomic E-state index is 13.5. The number of amides is 1. The number of rotatable bonds is 6. The summed E-state index contributed by atoms with van der Waals surface area (Å²) >= 11 is 6.27. The molecule has 1 amide bonds. The Kier molecular flexibility index (Phi) is 6.00. The van der Waals surface area contributed by atoms with Crippen molar-refractivity contribution in [2.45, 2.75) is 18.8 Å². The zero-order chi connectivity index (χ0) is 25.4. The van der Waals surface area contributed by atoms with Gasteiger partial charge in [0, 0.05) is 6.54 Å². The van der Waals surface area contributed by atoms with Crippen LogP contribution in [0.1, 0.15) is 28.6 Å². The molecule has 1 unspecified atom stereocenters. The van der Waals surface area contributed by atoms with Gasteiger partial charge in [-0.25, -0.2) is 0 Å². The number of alkyl halides is 3. The van der Waals surface area contributed by atoms with Gasteiger partial charge in [0.2, 0.25) is 0 Å². The standard InChI is InChI=1S/C22H17ClF3N7O3/c1-35-18-10-13(16(11-14(18)23)33-27-7-8-28-33)21(34)32-9-6-15(32)20-29-19(30-31-20)12-4-2-3-5-17(12)36-22(24,25)26/h2-5,7-8,10-11,15H,6,9H2,1H3,(H,29,30,31). The van der Waals surface area contributed by atoms with E-state index >= 15 is 0 Å². The predicted molar refractivity (Wildman–Crippen MR) is 120 cm³/mol. The average molecular weight is 520 g/mol. The molecule has 1 N–H and O–H groups in total. The highest BCUT2D eigenvalue weighted by molar-refractivity contribution is 6.32. The molecule has 1 atom stereocenters. The van der Waals surface area contributed by atoms with Crippen molar-refractivity contribution < 1.29 is 27.4 Å². The third kappa shape index (κ3) is 4.44. The first kappa shape index (κ1) is 23.6. The van der Waals surface area contributed by atoms with Gasteiger partial charge in [0.25, 0.3) is 5.91 Å². The Labute approximate surface area is 206 Å². The lowest BCUT2D eigenvalue weighted by Gasteiger charge is -2.39. The van der Waals surface area contributed by atoms with Crippen LogP contribution in [0.5, 0.6) is 11.5 Å². The fraction of sp³-hybridized carbons (Fsp3) is 0.227. The average Bonchev–Trinajstić information content (AvgIpc) is 3.50. The van der Waals surface area contributed by atoms with Crippen LogP contribution < -0.4 is 9.47 Å². The summed E-state index contributed by atoms with van der Waals surface area (Å²) in [6.45, 7) is 0.421. The SMILES string of the molecule is COc1cc(C(=O)N2CCC2c2nnc(-c3ccccc3OC(F)(F)F)[nH]2)c(-n2nccn2)cc1Cl. The Morgan fingerprint density at radius 1 is 1.14 bits per heavy atom. The Balaban J connectivity index is 1.44. The molecule has 2 aromatic carbocycles. The first-order valence-corrected chi connectivity index (χ1v) is 11.0. The number of likely N-dealkylation sites (tertiary alicyclic amines) is 1. The normalized spacial score (nSPS) is 15.5. The quantitative estimate of drug-likeness (QED) is 0.406. The van der Waals surface area contributed by atoms with Crippen LogP contribution in [-0.2, 0) is 0 Å². The van der Waals surface area contributed by atoms with Gasteiger partial charge in [-0.2, -0.15) is 15.0 Å². The van der Waals surface area contributed by atoms with E-state index in [1.807, 2.05) is 0 Å². The summed E-state index contributed by atoms with van der Waals surface area (Å²) < 4.78 is 47.8. The minimum absolute atomic E-state index is 0.0822. The van der Waals surface area contributed by atoms with E-state index in [1.54, 1.807) is 11.0 Å². The molecule has 14 heteroatoms. The van der Waals surface area contributed by atoms with Gasteiger partial charge in [0.05, 0.1) is 41.7 Å². The fourth-order valence-corrected chi connectivity index (χ4v) is 4.10. The van der Waals surface area contributed by atoms with Gasteiger partial charge < -0.3 is 19.4 Å². The summed E-state index contributed by atoms with van der Waals surface area (Å²) in [6, 6.07) is 8.15. The van der Waals surface area contributed by atoms with Crippen molar-refractivity contribution in [1.82, 2.24) is 35.1 Å². The Bertz CT molecular complexity index is 1410. The molecule has 0 saturated carbocycles. The first-order valence-electron chi connectivity index (χ1n) is 10.6. The molecule has 10 nitrogen and oxygen atoms in total. The summed E-state index contributed by atoms with van der Waals surface area (Å²) in [5.74, 6) is -0.0628. The number of aromatic nitrogens is 6. The van der Waals surface area contributed by atoms with E-state index in [0.717, 1.165) is 0 Å². The van der Waals surface area contributed by atoms with Crippen molar-refractivity contribution in [3.05, 3.63) is 65.2 Å². The summed E-state index contributed by atoms with van der Waals surface area (Å²) in [6.07, 6.45) is -1.36. The summed E-state index contributed by atoms with van der Waals surface area (Å²) in [5, 5.41) is 16.5. The molecule has 0 radical (unpaired) electrons. The van der Waals surface area contributed by atoms with E-state index in [4.69, 9.17) is 16.3 Å². The van der Waals surface area contributed by atoms with Crippen molar-refractivity contribution in [1.29, 1.82) is 0 Å². The smallest absolute Gasteiger partial charge is 0.495 e. The van der Waals surface area contributed by atoms with E-state index in [1.165, 1.54) is 54.6 Å². The number of benzene rings is 2. The lowest BCUT2D eigenvalue weighted by atomic mass is 9.99. The number of hydrogen-bond donors (Lipinski definition) is 1. The van der Waals surface area contributed by atoms with E-state index in [9.17, 15) is 18.0 Å². The maximum Gasteiger partial charge on any atom is 0.573 e. The number of para-hydroxylation sites is 1. The second-order valence-electron chi connectivity index (χ2n) is 7.73. The minimum atomic E-state index is -4.86. The summed E-state index contributed by atoms with van der Waals surface area (Å²) in [5.41, 5.74) is 0.694. The molecule has 36 heavy (non-hydrogen) atoms. The van der Waals surface area contributed by atoms with Crippen molar-refractivity contribution >= 4 is 17.5 Å². The number of hydrogen-bond acceptors (Lipinski definition) is 7. The Morgan fingerprint density at radius 3 is 2.56 bits per heavy atom.